The molecule has 0 fully saturated rings. The van der Waals surface area contributed by atoms with E-state index < -0.39 is 41.2 Å². The van der Waals surface area contributed by atoms with Crippen LogP contribution in [0, 0.1) is 0 Å². The Labute approximate surface area is 117 Å². The molecular formula is C13H12F3NO4. The molecule has 21 heavy (non-hydrogen) atoms. The first-order chi connectivity index (χ1) is 9.50. The second-order valence-corrected chi connectivity index (χ2v) is 5.14. The molecule has 0 saturated carbocycles. The maximum Gasteiger partial charge on any atom is 0.416 e. The Hall–Kier alpha value is -2.25. The van der Waals surface area contributed by atoms with Crippen LogP contribution >= 0.6 is 0 Å². The molecule has 1 heterocycles. The van der Waals surface area contributed by atoms with Crippen LogP contribution in [-0.2, 0) is 22.2 Å². The van der Waals surface area contributed by atoms with Gasteiger partial charge in [0, 0.05) is 0 Å². The van der Waals surface area contributed by atoms with Crippen molar-refractivity contribution in [1.82, 2.24) is 0 Å². The molecule has 0 aromatic heterocycles. The summed E-state index contributed by atoms with van der Waals surface area (Å²) in [6.07, 6.45) is -5.52. The largest absolute Gasteiger partial charge is 0.481 e. The van der Waals surface area contributed by atoms with E-state index in [2.05, 4.69) is 5.32 Å². The monoisotopic (exact) mass is 303 g/mol. The smallest absolute Gasteiger partial charge is 0.416 e. The highest BCUT2D eigenvalue weighted by Gasteiger charge is 2.39. The summed E-state index contributed by atoms with van der Waals surface area (Å²) in [5.74, 6) is -2.05. The highest BCUT2D eigenvalue weighted by atomic mass is 19.4. The number of hydrogen-bond acceptors (Lipinski definition) is 3. The van der Waals surface area contributed by atoms with Gasteiger partial charge >= 0.3 is 12.1 Å². The first-order valence-electron chi connectivity index (χ1n) is 5.97. The zero-order valence-electron chi connectivity index (χ0n) is 11.2. The van der Waals surface area contributed by atoms with Crippen LogP contribution in [0.1, 0.15) is 25.0 Å². The maximum atomic E-state index is 13.0. The molecule has 1 amide bonds. The van der Waals surface area contributed by atoms with Crippen molar-refractivity contribution in [3.05, 3.63) is 23.3 Å². The molecule has 1 aromatic carbocycles. The predicted molar refractivity (Wildman–Crippen MR) is 66.1 cm³/mol. The lowest BCUT2D eigenvalue weighted by Crippen LogP contribution is -2.45. The summed E-state index contributed by atoms with van der Waals surface area (Å²) in [6, 6.07) is 1.70. The van der Waals surface area contributed by atoms with Crippen LogP contribution in [0.2, 0.25) is 0 Å². The molecule has 2 rings (SSSR count). The van der Waals surface area contributed by atoms with Crippen molar-refractivity contribution in [2.45, 2.75) is 32.0 Å². The number of carbonyl (C=O) groups is 2. The van der Waals surface area contributed by atoms with Gasteiger partial charge in [-0.3, -0.25) is 9.59 Å². The molecule has 114 valence electrons. The number of aliphatic carboxylic acids is 1. The third-order valence-electron chi connectivity index (χ3n) is 3.01. The topological polar surface area (TPSA) is 75.6 Å². The first kappa shape index (κ1) is 15.1. The summed E-state index contributed by atoms with van der Waals surface area (Å²) in [4.78, 5) is 22.4. The third-order valence-corrected chi connectivity index (χ3v) is 3.01. The fourth-order valence-corrected chi connectivity index (χ4v) is 1.97. The van der Waals surface area contributed by atoms with Crippen molar-refractivity contribution >= 4 is 17.6 Å². The lowest BCUT2D eigenvalue weighted by Gasteiger charge is -2.32. The average molecular weight is 303 g/mol. The number of ether oxygens (including phenoxy) is 1. The normalized spacial score (nSPS) is 16.7. The number of nitrogens with one attached hydrogen (secondary N) is 1. The zero-order chi connectivity index (χ0) is 16.0. The summed E-state index contributed by atoms with van der Waals surface area (Å²) in [7, 11) is 0. The van der Waals surface area contributed by atoms with E-state index in [0.717, 1.165) is 12.1 Å². The predicted octanol–water partition coefficient (Wildman–Crippen LogP) is 2.44. The molecule has 0 unspecified atom stereocenters. The standard InChI is InChI=1S/C13H12F3NO4/c1-12(2)11(20)17-8-3-6(4-10(18)19)7(13(14,15)16)5-9(8)21-12/h3,5H,4H2,1-2H3,(H,17,20)(H,18,19). The zero-order valence-corrected chi connectivity index (χ0v) is 11.2. The quantitative estimate of drug-likeness (QED) is 0.880. The van der Waals surface area contributed by atoms with E-state index in [1.807, 2.05) is 0 Å². The number of rotatable bonds is 2. The van der Waals surface area contributed by atoms with E-state index in [-0.39, 0.29) is 11.4 Å². The number of carboxylic acids is 1. The minimum Gasteiger partial charge on any atom is -0.481 e. The lowest BCUT2D eigenvalue weighted by atomic mass is 9.99. The van der Waals surface area contributed by atoms with Gasteiger partial charge in [0.25, 0.3) is 5.91 Å². The number of benzene rings is 1. The molecule has 0 bridgehead atoms. The minimum atomic E-state index is -4.71. The van der Waals surface area contributed by atoms with Crippen molar-refractivity contribution in [2.24, 2.45) is 0 Å². The molecule has 0 atom stereocenters. The van der Waals surface area contributed by atoms with E-state index in [1.165, 1.54) is 13.8 Å². The van der Waals surface area contributed by atoms with Crippen molar-refractivity contribution in [2.75, 3.05) is 5.32 Å². The van der Waals surface area contributed by atoms with Crippen molar-refractivity contribution in [3.63, 3.8) is 0 Å². The summed E-state index contributed by atoms with van der Waals surface area (Å²) in [5, 5.41) is 11.1. The van der Waals surface area contributed by atoms with Gasteiger partial charge in [-0.05, 0) is 31.5 Å². The lowest BCUT2D eigenvalue weighted by molar-refractivity contribution is -0.139. The number of hydrogen-bond donors (Lipinski definition) is 2. The van der Waals surface area contributed by atoms with Gasteiger partial charge < -0.3 is 15.2 Å². The second-order valence-electron chi connectivity index (χ2n) is 5.14. The summed E-state index contributed by atoms with van der Waals surface area (Å²) in [5.41, 5.74) is -2.79. The Morgan fingerprint density at radius 2 is 2.00 bits per heavy atom. The molecule has 0 radical (unpaired) electrons. The average Bonchev–Trinajstić information content (AvgIpc) is 2.28. The number of carbonyl (C=O) groups excluding carboxylic acids is 1. The maximum absolute atomic E-state index is 13.0. The molecule has 1 aliphatic heterocycles. The Kier molecular flexibility index (Phi) is 3.35. The van der Waals surface area contributed by atoms with E-state index in [1.54, 1.807) is 0 Å². The second kappa shape index (κ2) is 4.64. The van der Waals surface area contributed by atoms with Gasteiger partial charge in [-0.1, -0.05) is 0 Å². The van der Waals surface area contributed by atoms with Gasteiger partial charge in [0.05, 0.1) is 17.7 Å². The molecule has 0 spiro atoms. The number of fused-ring (bicyclic) bond motifs is 1. The SMILES string of the molecule is CC1(C)Oc2cc(C(F)(F)F)c(CC(=O)O)cc2NC1=O. The Bertz CT molecular complexity index is 623. The number of halogens is 3. The number of anilines is 1. The Morgan fingerprint density at radius 1 is 1.38 bits per heavy atom. The van der Waals surface area contributed by atoms with Gasteiger partial charge in [0.1, 0.15) is 5.75 Å². The van der Waals surface area contributed by atoms with Gasteiger partial charge in [0.2, 0.25) is 0 Å². The van der Waals surface area contributed by atoms with Crippen molar-refractivity contribution < 1.29 is 32.6 Å². The van der Waals surface area contributed by atoms with Crippen LogP contribution in [0.25, 0.3) is 0 Å². The van der Waals surface area contributed by atoms with Gasteiger partial charge in [-0.25, -0.2) is 0 Å². The molecule has 1 aliphatic rings. The van der Waals surface area contributed by atoms with E-state index in [4.69, 9.17) is 9.84 Å². The van der Waals surface area contributed by atoms with Crippen LogP contribution in [0.15, 0.2) is 12.1 Å². The summed E-state index contributed by atoms with van der Waals surface area (Å²) >= 11 is 0. The van der Waals surface area contributed by atoms with Crippen LogP contribution in [0.3, 0.4) is 0 Å². The van der Waals surface area contributed by atoms with Crippen molar-refractivity contribution in [3.8, 4) is 5.75 Å². The van der Waals surface area contributed by atoms with E-state index >= 15 is 0 Å². The molecular weight excluding hydrogens is 291 g/mol. The van der Waals surface area contributed by atoms with Gasteiger partial charge in [-0.15, -0.1) is 0 Å². The van der Waals surface area contributed by atoms with Gasteiger partial charge in [-0.2, -0.15) is 13.2 Å². The molecule has 0 saturated heterocycles. The van der Waals surface area contributed by atoms with Crippen LogP contribution in [-0.4, -0.2) is 22.6 Å². The fraction of sp³-hybridized carbons (Fsp3) is 0.385. The van der Waals surface area contributed by atoms with Crippen molar-refractivity contribution in [1.29, 1.82) is 0 Å². The highest BCUT2D eigenvalue weighted by Crippen LogP contribution is 2.41. The summed E-state index contributed by atoms with van der Waals surface area (Å²) in [6.45, 7) is 2.84. The Morgan fingerprint density at radius 3 is 2.52 bits per heavy atom. The minimum absolute atomic E-state index is 0.0311. The highest BCUT2D eigenvalue weighted by molar-refractivity contribution is 6.00. The molecule has 2 N–H and O–H groups in total. The number of alkyl halides is 3. The third kappa shape index (κ3) is 2.93. The van der Waals surface area contributed by atoms with E-state index in [0.29, 0.717) is 0 Å². The number of carboxylic acid groups (broad SMARTS) is 1. The molecule has 8 heteroatoms. The first-order valence-corrected chi connectivity index (χ1v) is 5.97. The van der Waals surface area contributed by atoms with E-state index in [9.17, 15) is 22.8 Å². The van der Waals surface area contributed by atoms with Crippen LogP contribution in [0.5, 0.6) is 5.75 Å². The van der Waals surface area contributed by atoms with Crippen LogP contribution < -0.4 is 10.1 Å². The summed E-state index contributed by atoms with van der Waals surface area (Å²) < 4.78 is 44.3. The molecule has 5 nitrogen and oxygen atoms in total. The van der Waals surface area contributed by atoms with Gasteiger partial charge in [0.15, 0.2) is 5.60 Å². The number of amides is 1. The molecule has 0 aliphatic carbocycles. The fourth-order valence-electron chi connectivity index (χ4n) is 1.97. The van der Waals surface area contributed by atoms with Crippen LogP contribution in [0.4, 0.5) is 18.9 Å². The molecule has 1 aromatic rings. The Balaban J connectivity index is 2.57.